The van der Waals surface area contributed by atoms with Gasteiger partial charge in [0.2, 0.25) is 5.91 Å². The molecule has 0 radical (unpaired) electrons. The lowest BCUT2D eigenvalue weighted by Crippen LogP contribution is -2.15. The summed E-state index contributed by atoms with van der Waals surface area (Å²) in [6, 6.07) is 17.9. The summed E-state index contributed by atoms with van der Waals surface area (Å²) in [5.74, 6) is -0.0861. The number of carbonyl (C=O) groups excluding carboxylic acids is 2. The van der Waals surface area contributed by atoms with Crippen LogP contribution in [0.1, 0.15) is 21.5 Å². The lowest BCUT2D eigenvalue weighted by Gasteiger charge is -2.11. The van der Waals surface area contributed by atoms with Crippen molar-refractivity contribution < 1.29 is 9.59 Å². The summed E-state index contributed by atoms with van der Waals surface area (Å²) in [4.78, 5) is 25.6. The van der Waals surface area contributed by atoms with Gasteiger partial charge in [-0.2, -0.15) is 0 Å². The van der Waals surface area contributed by atoms with E-state index < -0.39 is 0 Å². The lowest BCUT2D eigenvalue weighted by molar-refractivity contribution is -0.113. The molecule has 0 aliphatic carbocycles. The van der Waals surface area contributed by atoms with Crippen LogP contribution < -0.4 is 10.6 Å². The highest BCUT2D eigenvalue weighted by Crippen LogP contribution is 2.25. The minimum atomic E-state index is -0.315. The topological polar surface area (TPSA) is 58.2 Å². The molecule has 0 aliphatic rings. The van der Waals surface area contributed by atoms with E-state index in [0.717, 1.165) is 21.7 Å². The van der Waals surface area contributed by atoms with Gasteiger partial charge in [0, 0.05) is 21.3 Å². The smallest absolute Gasteiger partial charge is 0.257 e. The summed E-state index contributed by atoms with van der Waals surface area (Å²) in [5, 5.41) is 6.54. The molecule has 154 valence electrons. The number of para-hydroxylation sites is 1. The molecule has 0 saturated heterocycles. The molecular formula is C23H20Cl2N2O2S. The Balaban J connectivity index is 1.55. The molecule has 3 aromatic rings. The van der Waals surface area contributed by atoms with Crippen LogP contribution in [0, 0.1) is 13.8 Å². The van der Waals surface area contributed by atoms with Crippen molar-refractivity contribution in [2.45, 2.75) is 18.7 Å². The van der Waals surface area contributed by atoms with Gasteiger partial charge in [0.05, 0.1) is 16.3 Å². The Bertz CT molecular complexity index is 1060. The molecule has 0 unspecified atom stereocenters. The van der Waals surface area contributed by atoms with Crippen molar-refractivity contribution in [3.05, 3.63) is 87.4 Å². The number of hydrogen-bond donors (Lipinski definition) is 2. The molecule has 0 fully saturated rings. The van der Waals surface area contributed by atoms with Crippen molar-refractivity contribution in [3.63, 3.8) is 0 Å². The van der Waals surface area contributed by atoms with E-state index >= 15 is 0 Å². The second kappa shape index (κ2) is 10.0. The zero-order valence-corrected chi connectivity index (χ0v) is 18.8. The first kappa shape index (κ1) is 22.2. The van der Waals surface area contributed by atoms with Gasteiger partial charge < -0.3 is 10.6 Å². The zero-order valence-electron chi connectivity index (χ0n) is 16.5. The van der Waals surface area contributed by atoms with E-state index in [-0.39, 0.29) is 11.8 Å². The molecule has 0 aromatic heterocycles. The highest BCUT2D eigenvalue weighted by atomic mass is 35.5. The van der Waals surface area contributed by atoms with Gasteiger partial charge in [0.15, 0.2) is 0 Å². The average Bonchev–Trinajstić information content (AvgIpc) is 2.70. The summed E-state index contributed by atoms with van der Waals surface area (Å²) in [6.45, 7) is 3.94. The van der Waals surface area contributed by atoms with Crippen LogP contribution in [0.3, 0.4) is 0 Å². The Hall–Kier alpha value is -2.47. The number of carbonyl (C=O) groups is 2. The summed E-state index contributed by atoms with van der Waals surface area (Å²) in [6.07, 6.45) is 0. The van der Waals surface area contributed by atoms with Gasteiger partial charge in [-0.15, -0.1) is 11.8 Å². The van der Waals surface area contributed by atoms with E-state index in [1.54, 1.807) is 24.3 Å². The van der Waals surface area contributed by atoms with Gasteiger partial charge >= 0.3 is 0 Å². The Morgan fingerprint density at radius 1 is 0.900 bits per heavy atom. The van der Waals surface area contributed by atoms with Gasteiger partial charge in [-0.25, -0.2) is 0 Å². The predicted octanol–water partition coefficient (Wildman–Crippen LogP) is 6.59. The summed E-state index contributed by atoms with van der Waals surface area (Å²) in [7, 11) is 0. The summed E-state index contributed by atoms with van der Waals surface area (Å²) < 4.78 is 0. The third-order valence-corrected chi connectivity index (χ3v) is 5.96. The van der Waals surface area contributed by atoms with E-state index in [9.17, 15) is 9.59 Å². The molecule has 0 atom stereocenters. The first-order chi connectivity index (χ1) is 14.3. The number of nitrogens with one attached hydrogen (secondary N) is 2. The maximum atomic E-state index is 12.4. The first-order valence-corrected chi connectivity index (χ1v) is 10.9. The molecule has 0 saturated carbocycles. The Kier molecular flexibility index (Phi) is 7.43. The Labute approximate surface area is 190 Å². The van der Waals surface area contributed by atoms with Crippen LogP contribution in [0.4, 0.5) is 11.4 Å². The molecular weight excluding hydrogens is 439 g/mol. The number of anilines is 2. The maximum Gasteiger partial charge on any atom is 0.257 e. The quantitative estimate of drug-likeness (QED) is 0.409. The summed E-state index contributed by atoms with van der Waals surface area (Å²) in [5.41, 5.74) is 3.92. The molecule has 0 bridgehead atoms. The van der Waals surface area contributed by atoms with Gasteiger partial charge in [-0.1, -0.05) is 41.4 Å². The van der Waals surface area contributed by atoms with Crippen molar-refractivity contribution in [1.29, 1.82) is 0 Å². The Morgan fingerprint density at radius 3 is 2.20 bits per heavy atom. The third-order valence-electron chi connectivity index (χ3n) is 4.40. The van der Waals surface area contributed by atoms with Gasteiger partial charge in [0.1, 0.15) is 0 Å². The number of benzene rings is 3. The van der Waals surface area contributed by atoms with E-state index in [1.807, 2.05) is 44.2 Å². The van der Waals surface area contributed by atoms with Crippen LogP contribution in [-0.4, -0.2) is 17.6 Å². The third kappa shape index (κ3) is 5.79. The molecule has 2 N–H and O–H groups in total. The maximum absolute atomic E-state index is 12.4. The number of aryl methyl sites for hydroxylation is 2. The summed E-state index contributed by atoms with van der Waals surface area (Å²) >= 11 is 13.4. The highest BCUT2D eigenvalue weighted by molar-refractivity contribution is 8.00. The molecule has 3 rings (SSSR count). The Morgan fingerprint density at radius 2 is 1.57 bits per heavy atom. The van der Waals surface area contributed by atoms with Gasteiger partial charge in [0.25, 0.3) is 5.91 Å². The molecule has 0 aliphatic heterocycles. The van der Waals surface area contributed by atoms with Gasteiger partial charge in [-0.05, 0) is 67.4 Å². The van der Waals surface area contributed by atoms with Crippen molar-refractivity contribution >= 4 is 58.2 Å². The number of thioether (sulfide) groups is 1. The SMILES string of the molecule is Cc1cccc(C)c1NC(=O)CSc1ccc(NC(=O)c2ccc(Cl)cc2Cl)cc1. The van der Waals surface area contributed by atoms with Gasteiger partial charge in [-0.3, -0.25) is 9.59 Å². The molecule has 7 heteroatoms. The molecule has 3 aromatic carbocycles. The van der Waals surface area contributed by atoms with Crippen LogP contribution in [0.2, 0.25) is 10.0 Å². The van der Waals surface area contributed by atoms with Crippen molar-refractivity contribution in [3.8, 4) is 0 Å². The lowest BCUT2D eigenvalue weighted by atomic mass is 10.1. The number of rotatable bonds is 6. The van der Waals surface area contributed by atoms with Crippen molar-refractivity contribution in [2.24, 2.45) is 0 Å². The van der Waals surface area contributed by atoms with E-state index in [2.05, 4.69) is 10.6 Å². The molecule has 30 heavy (non-hydrogen) atoms. The first-order valence-electron chi connectivity index (χ1n) is 9.19. The molecule has 0 spiro atoms. The van der Waals surface area contributed by atoms with Crippen LogP contribution >= 0.6 is 35.0 Å². The minimum Gasteiger partial charge on any atom is -0.325 e. The zero-order chi connectivity index (χ0) is 21.7. The number of hydrogen-bond acceptors (Lipinski definition) is 3. The minimum absolute atomic E-state index is 0.0628. The highest BCUT2D eigenvalue weighted by Gasteiger charge is 2.12. The normalized spacial score (nSPS) is 10.5. The fourth-order valence-corrected chi connectivity index (χ4v) is 4.04. The predicted molar refractivity (Wildman–Crippen MR) is 126 cm³/mol. The number of halogens is 2. The van der Waals surface area contributed by atoms with Crippen LogP contribution in [0.15, 0.2) is 65.6 Å². The monoisotopic (exact) mass is 458 g/mol. The van der Waals surface area contributed by atoms with E-state index in [0.29, 0.717) is 27.0 Å². The van der Waals surface area contributed by atoms with E-state index in [1.165, 1.54) is 17.8 Å². The number of amides is 2. The molecule has 2 amide bonds. The molecule has 4 nitrogen and oxygen atoms in total. The van der Waals surface area contributed by atoms with E-state index in [4.69, 9.17) is 23.2 Å². The van der Waals surface area contributed by atoms with Crippen molar-refractivity contribution in [1.82, 2.24) is 0 Å². The van der Waals surface area contributed by atoms with Crippen molar-refractivity contribution in [2.75, 3.05) is 16.4 Å². The average molecular weight is 459 g/mol. The van der Waals surface area contributed by atoms with Crippen LogP contribution in [0.5, 0.6) is 0 Å². The fraction of sp³-hybridized carbons (Fsp3) is 0.130. The molecule has 0 heterocycles. The van der Waals surface area contributed by atoms with Crippen LogP contribution in [0.25, 0.3) is 0 Å². The fourth-order valence-electron chi connectivity index (χ4n) is 2.84. The largest absolute Gasteiger partial charge is 0.325 e. The van der Waals surface area contributed by atoms with Crippen LogP contribution in [-0.2, 0) is 4.79 Å². The second-order valence-electron chi connectivity index (χ2n) is 6.71. The standard InChI is InChI=1S/C23H20Cl2N2O2S/c1-14-4-3-5-15(2)22(14)27-21(28)13-30-18-9-7-17(8-10-18)26-23(29)19-11-6-16(24)12-20(19)25/h3-12H,13H2,1-2H3,(H,26,29)(H,27,28). The second-order valence-corrected chi connectivity index (χ2v) is 8.60.